The van der Waals surface area contributed by atoms with Gasteiger partial charge in [0.15, 0.2) is 5.75 Å². The number of pyridine rings is 1. The van der Waals surface area contributed by atoms with Crippen LogP contribution in [0.5, 0.6) is 5.75 Å². The van der Waals surface area contributed by atoms with Gasteiger partial charge in [0.05, 0.1) is 29.4 Å². The number of aromatic nitrogens is 2. The lowest BCUT2D eigenvalue weighted by Crippen LogP contribution is -2.17. The second-order valence-corrected chi connectivity index (χ2v) is 5.02. The van der Waals surface area contributed by atoms with Crippen LogP contribution >= 0.6 is 0 Å². The number of nitrogens with zero attached hydrogens (tertiary/aromatic N) is 2. The van der Waals surface area contributed by atoms with Crippen molar-refractivity contribution in [3.8, 4) is 11.4 Å². The predicted molar refractivity (Wildman–Crippen MR) is 83.2 cm³/mol. The first-order valence-corrected chi connectivity index (χ1v) is 7.03. The first-order valence-electron chi connectivity index (χ1n) is 7.03. The first-order chi connectivity index (χ1) is 11.5. The highest BCUT2D eigenvalue weighted by Crippen LogP contribution is 2.23. The van der Waals surface area contributed by atoms with Gasteiger partial charge >= 0.3 is 6.16 Å². The number of halogens is 1. The average Bonchev–Trinajstić information content (AvgIpc) is 3.05. The zero-order valence-corrected chi connectivity index (χ0v) is 12.3. The van der Waals surface area contributed by atoms with Gasteiger partial charge in [-0.15, -0.1) is 0 Å². The molecule has 124 valence electrons. The van der Waals surface area contributed by atoms with Crippen LogP contribution in [0.1, 0.15) is 0 Å². The van der Waals surface area contributed by atoms with E-state index in [-0.39, 0.29) is 24.2 Å². The number of aliphatic hydroxyl groups excluding tert-OH is 1. The van der Waals surface area contributed by atoms with Crippen molar-refractivity contribution < 1.29 is 24.1 Å². The molecule has 0 saturated heterocycles. The van der Waals surface area contributed by atoms with Crippen molar-refractivity contribution in [1.82, 2.24) is 9.13 Å². The van der Waals surface area contributed by atoms with Gasteiger partial charge in [-0.2, -0.15) is 0 Å². The molecule has 2 N–H and O–H groups in total. The Hall–Kier alpha value is -3.13. The molecule has 0 spiro atoms. The summed E-state index contributed by atoms with van der Waals surface area (Å²) in [6, 6.07) is 5.96. The molecule has 3 aromatic rings. The third-order valence-electron chi connectivity index (χ3n) is 3.54. The minimum atomic E-state index is -1.65. The van der Waals surface area contributed by atoms with Crippen LogP contribution in [-0.2, 0) is 6.54 Å². The molecule has 0 bridgehead atoms. The molecule has 8 heteroatoms. The van der Waals surface area contributed by atoms with Crippen LogP contribution < -0.4 is 10.2 Å². The summed E-state index contributed by atoms with van der Waals surface area (Å²) in [4.78, 5) is 23.0. The molecule has 0 unspecified atom stereocenters. The summed E-state index contributed by atoms with van der Waals surface area (Å²) in [6.45, 7) is -0.162. The fourth-order valence-electron chi connectivity index (χ4n) is 2.53. The fourth-order valence-corrected chi connectivity index (χ4v) is 2.53. The number of ether oxygens (including phenoxy) is 1. The van der Waals surface area contributed by atoms with Crippen LogP contribution in [0.2, 0.25) is 0 Å². The molecule has 0 fully saturated rings. The van der Waals surface area contributed by atoms with Gasteiger partial charge in [0, 0.05) is 18.9 Å². The van der Waals surface area contributed by atoms with E-state index >= 15 is 0 Å². The van der Waals surface area contributed by atoms with Gasteiger partial charge in [0.1, 0.15) is 5.82 Å². The van der Waals surface area contributed by atoms with Crippen molar-refractivity contribution in [1.29, 1.82) is 0 Å². The van der Waals surface area contributed by atoms with Crippen molar-refractivity contribution in [3.63, 3.8) is 0 Å². The van der Waals surface area contributed by atoms with Crippen molar-refractivity contribution >= 4 is 17.1 Å². The van der Waals surface area contributed by atoms with Crippen LogP contribution in [-0.4, -0.2) is 32.1 Å². The number of carboxylic acid groups (broad SMARTS) is 1. The smallest absolute Gasteiger partial charge is 0.449 e. The largest absolute Gasteiger partial charge is 0.511 e. The normalized spacial score (nSPS) is 10.9. The quantitative estimate of drug-likeness (QED) is 0.713. The number of hydrogen-bond donors (Lipinski definition) is 2. The Balaban J connectivity index is 2.30. The number of fused-ring (bicyclic) bond motifs is 1. The minimum absolute atomic E-state index is 0.0318. The molecule has 0 amide bonds. The lowest BCUT2D eigenvalue weighted by atomic mass is 10.1. The molecule has 0 aliphatic heterocycles. The maximum atomic E-state index is 14.4. The lowest BCUT2D eigenvalue weighted by Gasteiger charge is -2.14. The van der Waals surface area contributed by atoms with Crippen molar-refractivity contribution in [2.45, 2.75) is 6.54 Å². The molecule has 1 aromatic carbocycles. The number of benzene rings is 1. The summed E-state index contributed by atoms with van der Waals surface area (Å²) < 4.78 is 21.8. The topological polar surface area (TPSA) is 93.7 Å². The van der Waals surface area contributed by atoms with Gasteiger partial charge in [-0.05, 0) is 24.3 Å². The molecule has 7 nitrogen and oxygen atoms in total. The van der Waals surface area contributed by atoms with E-state index in [4.69, 9.17) is 5.11 Å². The Morgan fingerprint density at radius 1 is 1.25 bits per heavy atom. The summed E-state index contributed by atoms with van der Waals surface area (Å²) in [5, 5.41) is 17.9. The van der Waals surface area contributed by atoms with E-state index in [2.05, 4.69) is 4.74 Å². The van der Waals surface area contributed by atoms with Gasteiger partial charge in [0.2, 0.25) is 5.43 Å². The van der Waals surface area contributed by atoms with E-state index in [0.29, 0.717) is 5.52 Å². The maximum Gasteiger partial charge on any atom is 0.511 e. The highest BCUT2D eigenvalue weighted by Gasteiger charge is 2.16. The molecule has 3 rings (SSSR count). The van der Waals surface area contributed by atoms with Gasteiger partial charge < -0.3 is 24.1 Å². The average molecular weight is 332 g/mol. The monoisotopic (exact) mass is 332 g/mol. The molecular weight excluding hydrogens is 319 g/mol. The predicted octanol–water partition coefficient (Wildman–Crippen LogP) is 1.98. The van der Waals surface area contributed by atoms with E-state index in [1.165, 1.54) is 16.8 Å². The molecule has 2 aromatic heterocycles. The first kappa shape index (κ1) is 15.8. The van der Waals surface area contributed by atoms with Gasteiger partial charge in [0.25, 0.3) is 0 Å². The van der Waals surface area contributed by atoms with Crippen LogP contribution in [0.15, 0.2) is 47.7 Å². The Kier molecular flexibility index (Phi) is 4.05. The number of aliphatic hydroxyl groups is 1. The number of hydrogen-bond acceptors (Lipinski definition) is 4. The Labute approximate surface area is 134 Å². The number of carbonyl (C=O) groups is 1. The second kappa shape index (κ2) is 6.17. The van der Waals surface area contributed by atoms with Crippen LogP contribution in [0.4, 0.5) is 9.18 Å². The molecule has 0 radical (unpaired) electrons. The van der Waals surface area contributed by atoms with E-state index < -0.39 is 23.2 Å². The molecule has 24 heavy (non-hydrogen) atoms. The lowest BCUT2D eigenvalue weighted by molar-refractivity contribution is 0.143. The van der Waals surface area contributed by atoms with Crippen molar-refractivity contribution in [2.24, 2.45) is 0 Å². The number of rotatable bonds is 4. The van der Waals surface area contributed by atoms with Gasteiger partial charge in [-0.1, -0.05) is 0 Å². The van der Waals surface area contributed by atoms with Crippen molar-refractivity contribution in [3.05, 3.63) is 58.9 Å². The van der Waals surface area contributed by atoms with E-state index in [9.17, 15) is 19.1 Å². The molecular formula is C16H13FN2O5. The minimum Gasteiger partial charge on any atom is -0.449 e. The maximum absolute atomic E-state index is 14.4. The summed E-state index contributed by atoms with van der Waals surface area (Å²) in [5.74, 6) is -1.09. The Morgan fingerprint density at radius 2 is 1.96 bits per heavy atom. The molecule has 0 aliphatic carbocycles. The SMILES string of the molecule is O=C(O)Oc1cn(CCO)c2cc(-n3cccc3)c(F)cc2c1=O. The third-order valence-corrected chi connectivity index (χ3v) is 3.54. The zero-order chi connectivity index (χ0) is 17.3. The fraction of sp³-hybridized carbons (Fsp3) is 0.125. The second-order valence-electron chi connectivity index (χ2n) is 5.02. The molecule has 0 atom stereocenters. The molecule has 2 heterocycles. The van der Waals surface area contributed by atoms with Crippen LogP contribution in [0.3, 0.4) is 0 Å². The zero-order valence-electron chi connectivity index (χ0n) is 12.3. The summed E-state index contributed by atoms with van der Waals surface area (Å²) in [5.41, 5.74) is -0.151. The van der Waals surface area contributed by atoms with Crippen LogP contribution in [0, 0.1) is 5.82 Å². The van der Waals surface area contributed by atoms with Crippen LogP contribution in [0.25, 0.3) is 16.6 Å². The molecule has 0 aliphatic rings. The summed E-state index contributed by atoms with van der Waals surface area (Å²) in [6.07, 6.45) is 2.85. The van der Waals surface area contributed by atoms with E-state index in [1.54, 1.807) is 29.1 Å². The highest BCUT2D eigenvalue weighted by atomic mass is 19.1. The summed E-state index contributed by atoms with van der Waals surface area (Å²) >= 11 is 0. The van der Waals surface area contributed by atoms with Gasteiger partial charge in [-0.3, -0.25) is 4.79 Å². The molecule has 0 saturated carbocycles. The third kappa shape index (κ3) is 2.74. The highest BCUT2D eigenvalue weighted by molar-refractivity contribution is 5.83. The van der Waals surface area contributed by atoms with Gasteiger partial charge in [-0.25, -0.2) is 9.18 Å². The summed E-state index contributed by atoms with van der Waals surface area (Å²) in [7, 11) is 0. The Bertz CT molecular complexity index is 963. The van der Waals surface area contributed by atoms with Crippen molar-refractivity contribution in [2.75, 3.05) is 6.61 Å². The van der Waals surface area contributed by atoms with E-state index in [0.717, 1.165) is 6.07 Å². The standard InChI is InChI=1S/C16H13FN2O5/c17-11-7-10-12(8-13(11)18-3-1-2-4-18)19(5-6-20)9-14(15(10)21)24-16(22)23/h1-4,7-9,20H,5-6H2,(H,22,23). The Morgan fingerprint density at radius 3 is 2.58 bits per heavy atom. The van der Waals surface area contributed by atoms with E-state index in [1.807, 2.05) is 0 Å².